The van der Waals surface area contributed by atoms with Gasteiger partial charge in [0, 0.05) is 41.8 Å². The van der Waals surface area contributed by atoms with E-state index in [0.29, 0.717) is 23.2 Å². The predicted molar refractivity (Wildman–Crippen MR) is 107 cm³/mol. The molecule has 0 aliphatic carbocycles. The molecule has 0 atom stereocenters. The van der Waals surface area contributed by atoms with Crippen LogP contribution < -0.4 is 0 Å². The average Bonchev–Trinajstić information content (AvgIpc) is 2.70. The Kier molecular flexibility index (Phi) is 6.86. The van der Waals surface area contributed by atoms with E-state index in [1.54, 1.807) is 12.1 Å². The maximum absolute atomic E-state index is 14.2. The molecule has 27 heavy (non-hydrogen) atoms. The van der Waals surface area contributed by atoms with Gasteiger partial charge in [-0.15, -0.1) is 0 Å². The Morgan fingerprint density at radius 3 is 2.48 bits per heavy atom. The zero-order chi connectivity index (χ0) is 19.2. The fraction of sp³-hybridized carbons (Fsp3) is 0.409. The van der Waals surface area contributed by atoms with Crippen molar-refractivity contribution in [3.05, 3.63) is 70.5 Å². The first-order valence-corrected chi connectivity index (χ1v) is 9.99. The molecule has 1 saturated heterocycles. The summed E-state index contributed by atoms with van der Waals surface area (Å²) in [6.07, 6.45) is 2.78. The third-order valence-corrected chi connectivity index (χ3v) is 5.58. The number of likely N-dealkylation sites (tertiary alicyclic amines) is 1. The second-order valence-corrected chi connectivity index (χ2v) is 7.47. The number of hydrogen-bond donors (Lipinski definition) is 0. The van der Waals surface area contributed by atoms with Crippen molar-refractivity contribution in [2.75, 3.05) is 19.6 Å². The third kappa shape index (κ3) is 4.88. The van der Waals surface area contributed by atoms with Crippen LogP contribution in [0.5, 0.6) is 0 Å². The summed E-state index contributed by atoms with van der Waals surface area (Å²) in [6, 6.07) is 14.6. The molecule has 1 amide bonds. The molecule has 0 saturated carbocycles. The molecule has 0 aromatic heterocycles. The molecule has 5 heteroatoms. The van der Waals surface area contributed by atoms with E-state index in [1.807, 2.05) is 35.2 Å². The van der Waals surface area contributed by atoms with E-state index < -0.39 is 0 Å². The molecule has 1 heterocycles. The molecule has 3 rings (SSSR count). The summed E-state index contributed by atoms with van der Waals surface area (Å²) in [6.45, 7) is 4.98. The van der Waals surface area contributed by atoms with Gasteiger partial charge in [0.25, 0.3) is 5.91 Å². The standard InChI is InChI=1S/C22H26ClFN2O/c1-2-13-26(16-19-20(23)9-6-10-21(19)24)18-11-14-25(15-12-18)22(27)17-7-4-3-5-8-17/h3-10,18H,2,11-16H2,1H3. The van der Waals surface area contributed by atoms with Crippen LogP contribution in [0.3, 0.4) is 0 Å². The van der Waals surface area contributed by atoms with Crippen LogP contribution in [0.1, 0.15) is 42.1 Å². The predicted octanol–water partition coefficient (Wildman–Crippen LogP) is 5.00. The van der Waals surface area contributed by atoms with Crippen molar-refractivity contribution < 1.29 is 9.18 Å². The number of hydrogen-bond acceptors (Lipinski definition) is 2. The van der Waals surface area contributed by atoms with Gasteiger partial charge in [0.1, 0.15) is 5.82 Å². The van der Waals surface area contributed by atoms with Crippen molar-refractivity contribution >= 4 is 17.5 Å². The van der Waals surface area contributed by atoms with Gasteiger partial charge in [-0.2, -0.15) is 0 Å². The Labute approximate surface area is 165 Å². The van der Waals surface area contributed by atoms with Gasteiger partial charge in [-0.3, -0.25) is 9.69 Å². The summed E-state index contributed by atoms with van der Waals surface area (Å²) in [5.41, 5.74) is 1.30. The molecule has 1 aliphatic rings. The second-order valence-electron chi connectivity index (χ2n) is 7.06. The minimum atomic E-state index is -0.250. The monoisotopic (exact) mass is 388 g/mol. The number of piperidine rings is 1. The first-order valence-electron chi connectivity index (χ1n) is 9.61. The van der Waals surface area contributed by atoms with Crippen LogP contribution in [0.2, 0.25) is 5.02 Å². The Morgan fingerprint density at radius 2 is 1.85 bits per heavy atom. The van der Waals surface area contributed by atoms with Crippen molar-refractivity contribution in [2.45, 2.75) is 38.8 Å². The number of nitrogens with zero attached hydrogens (tertiary/aromatic N) is 2. The zero-order valence-corrected chi connectivity index (χ0v) is 16.5. The molecule has 3 nitrogen and oxygen atoms in total. The number of carbonyl (C=O) groups is 1. The second kappa shape index (κ2) is 9.34. The van der Waals surface area contributed by atoms with Crippen LogP contribution >= 0.6 is 11.6 Å². The molecular weight excluding hydrogens is 363 g/mol. The minimum Gasteiger partial charge on any atom is -0.339 e. The maximum atomic E-state index is 14.2. The lowest BCUT2D eigenvalue weighted by molar-refractivity contribution is 0.0606. The summed E-state index contributed by atoms with van der Waals surface area (Å²) in [5.74, 6) is -0.159. The molecule has 1 fully saturated rings. The van der Waals surface area contributed by atoms with Gasteiger partial charge >= 0.3 is 0 Å². The summed E-state index contributed by atoms with van der Waals surface area (Å²) < 4.78 is 14.2. The highest BCUT2D eigenvalue weighted by atomic mass is 35.5. The number of carbonyl (C=O) groups excluding carboxylic acids is 1. The molecule has 144 valence electrons. The SMILES string of the molecule is CCCN(Cc1c(F)cccc1Cl)C1CCN(C(=O)c2ccccc2)CC1. The summed E-state index contributed by atoms with van der Waals surface area (Å²) in [5, 5.41) is 0.479. The highest BCUT2D eigenvalue weighted by Crippen LogP contribution is 2.25. The van der Waals surface area contributed by atoms with Crippen LogP contribution in [0.25, 0.3) is 0 Å². The van der Waals surface area contributed by atoms with Crippen LogP contribution in [-0.2, 0) is 6.54 Å². The first-order chi connectivity index (χ1) is 13.1. The Bertz CT molecular complexity index is 740. The van der Waals surface area contributed by atoms with Gasteiger partial charge in [0.15, 0.2) is 0 Å². The van der Waals surface area contributed by atoms with E-state index >= 15 is 0 Å². The van der Waals surface area contributed by atoms with Crippen LogP contribution in [0.4, 0.5) is 4.39 Å². The largest absolute Gasteiger partial charge is 0.339 e. The molecule has 0 spiro atoms. The molecule has 0 N–H and O–H groups in total. The highest BCUT2D eigenvalue weighted by molar-refractivity contribution is 6.31. The Balaban J connectivity index is 1.64. The number of halogens is 2. The molecule has 0 unspecified atom stereocenters. The van der Waals surface area contributed by atoms with E-state index in [9.17, 15) is 9.18 Å². The van der Waals surface area contributed by atoms with Crippen molar-refractivity contribution in [1.82, 2.24) is 9.80 Å². The quantitative estimate of drug-likeness (QED) is 0.695. The van der Waals surface area contributed by atoms with E-state index in [4.69, 9.17) is 11.6 Å². The lowest BCUT2D eigenvalue weighted by Gasteiger charge is -2.38. The van der Waals surface area contributed by atoms with E-state index in [0.717, 1.165) is 44.5 Å². The van der Waals surface area contributed by atoms with Gasteiger partial charge in [0.2, 0.25) is 0 Å². The average molecular weight is 389 g/mol. The normalized spacial score (nSPS) is 15.3. The number of amides is 1. The van der Waals surface area contributed by atoms with Crippen LogP contribution in [0, 0.1) is 5.82 Å². The van der Waals surface area contributed by atoms with Crippen molar-refractivity contribution in [3.8, 4) is 0 Å². The molecule has 2 aromatic carbocycles. The van der Waals surface area contributed by atoms with Crippen molar-refractivity contribution in [3.63, 3.8) is 0 Å². The smallest absolute Gasteiger partial charge is 0.253 e. The first kappa shape index (κ1) is 19.8. The van der Waals surface area contributed by atoms with E-state index in [2.05, 4.69) is 11.8 Å². The highest BCUT2D eigenvalue weighted by Gasteiger charge is 2.28. The van der Waals surface area contributed by atoms with Gasteiger partial charge in [-0.25, -0.2) is 4.39 Å². The fourth-order valence-electron chi connectivity index (χ4n) is 3.76. The third-order valence-electron chi connectivity index (χ3n) is 5.22. The van der Waals surface area contributed by atoms with Gasteiger partial charge < -0.3 is 4.90 Å². The van der Waals surface area contributed by atoms with E-state index in [-0.39, 0.29) is 11.7 Å². The summed E-state index contributed by atoms with van der Waals surface area (Å²) in [7, 11) is 0. The van der Waals surface area contributed by atoms with Crippen molar-refractivity contribution in [1.29, 1.82) is 0 Å². The maximum Gasteiger partial charge on any atom is 0.253 e. The van der Waals surface area contributed by atoms with Crippen LogP contribution in [-0.4, -0.2) is 41.4 Å². The molecule has 1 aliphatic heterocycles. The molecular formula is C22H26ClFN2O. The molecule has 0 bridgehead atoms. The molecule has 2 aromatic rings. The lowest BCUT2D eigenvalue weighted by atomic mass is 10.0. The molecule has 0 radical (unpaired) electrons. The summed E-state index contributed by atoms with van der Waals surface area (Å²) >= 11 is 6.23. The lowest BCUT2D eigenvalue weighted by Crippen LogP contribution is -2.46. The summed E-state index contributed by atoms with van der Waals surface area (Å²) in [4.78, 5) is 16.9. The Morgan fingerprint density at radius 1 is 1.15 bits per heavy atom. The van der Waals surface area contributed by atoms with Gasteiger partial charge in [0.05, 0.1) is 0 Å². The van der Waals surface area contributed by atoms with Gasteiger partial charge in [-0.05, 0) is 50.1 Å². The zero-order valence-electron chi connectivity index (χ0n) is 15.7. The topological polar surface area (TPSA) is 23.6 Å². The minimum absolute atomic E-state index is 0.0910. The van der Waals surface area contributed by atoms with E-state index in [1.165, 1.54) is 6.07 Å². The van der Waals surface area contributed by atoms with Gasteiger partial charge in [-0.1, -0.05) is 42.8 Å². The fourth-order valence-corrected chi connectivity index (χ4v) is 3.98. The number of benzene rings is 2. The Hall–Kier alpha value is -1.91. The van der Waals surface area contributed by atoms with Crippen molar-refractivity contribution in [2.24, 2.45) is 0 Å². The number of rotatable bonds is 6. The van der Waals surface area contributed by atoms with Crippen LogP contribution in [0.15, 0.2) is 48.5 Å².